The van der Waals surface area contributed by atoms with Crippen molar-refractivity contribution in [1.29, 1.82) is 0 Å². The summed E-state index contributed by atoms with van der Waals surface area (Å²) in [6, 6.07) is 6.13. The Kier molecular flexibility index (Phi) is 2.74. The minimum atomic E-state index is 0.159. The summed E-state index contributed by atoms with van der Waals surface area (Å²) in [4.78, 5) is 16.7. The third-order valence-corrected chi connectivity index (χ3v) is 4.01. The Morgan fingerprint density at radius 3 is 3.00 bits per heavy atom. The van der Waals surface area contributed by atoms with Crippen LogP contribution in [0.2, 0.25) is 0 Å². The topological polar surface area (TPSA) is 35.6 Å². The highest BCUT2D eigenvalue weighted by Crippen LogP contribution is 2.33. The Balaban J connectivity index is 2.13. The molecule has 0 spiro atoms. The average molecular weight is 245 g/mol. The summed E-state index contributed by atoms with van der Waals surface area (Å²) < 4.78 is 0. The molecule has 0 aromatic heterocycles. The number of aryl methyl sites for hydroxylation is 1. The van der Waals surface area contributed by atoms with Crippen LogP contribution in [0.4, 0.5) is 5.69 Å². The molecule has 0 unspecified atom stereocenters. The van der Waals surface area contributed by atoms with Crippen molar-refractivity contribution in [3.8, 4) is 0 Å². The Bertz CT molecular complexity index is 486. The van der Waals surface area contributed by atoms with E-state index in [4.69, 9.17) is 0 Å². The van der Waals surface area contributed by atoms with E-state index in [-0.39, 0.29) is 12.1 Å². The van der Waals surface area contributed by atoms with Crippen LogP contribution in [0.15, 0.2) is 18.2 Å². The molecule has 18 heavy (non-hydrogen) atoms. The van der Waals surface area contributed by atoms with Crippen molar-refractivity contribution >= 4 is 11.6 Å². The van der Waals surface area contributed by atoms with Crippen molar-refractivity contribution in [2.45, 2.75) is 19.5 Å². The second-order valence-corrected chi connectivity index (χ2v) is 5.10. The first-order valence-corrected chi connectivity index (χ1v) is 6.54. The number of rotatable bonds is 0. The Morgan fingerprint density at radius 1 is 1.33 bits per heavy atom. The fourth-order valence-electron chi connectivity index (χ4n) is 3.03. The van der Waals surface area contributed by atoms with Crippen LogP contribution in [0.25, 0.3) is 0 Å². The Labute approximate surface area is 108 Å². The zero-order chi connectivity index (χ0) is 12.7. The van der Waals surface area contributed by atoms with Gasteiger partial charge in [-0.1, -0.05) is 12.1 Å². The molecular formula is C14H19N3O. The highest BCUT2D eigenvalue weighted by atomic mass is 16.2. The Morgan fingerprint density at radius 2 is 2.17 bits per heavy atom. The minimum absolute atomic E-state index is 0.159. The van der Waals surface area contributed by atoms with Crippen molar-refractivity contribution in [2.75, 3.05) is 31.6 Å². The van der Waals surface area contributed by atoms with Crippen LogP contribution in [-0.2, 0) is 0 Å². The maximum absolute atomic E-state index is 12.5. The highest BCUT2D eigenvalue weighted by molar-refractivity contribution is 6.03. The van der Waals surface area contributed by atoms with Crippen LogP contribution >= 0.6 is 0 Å². The van der Waals surface area contributed by atoms with Gasteiger partial charge < -0.3 is 15.1 Å². The van der Waals surface area contributed by atoms with E-state index in [9.17, 15) is 4.79 Å². The summed E-state index contributed by atoms with van der Waals surface area (Å²) in [7, 11) is 1.92. The van der Waals surface area contributed by atoms with Gasteiger partial charge in [-0.15, -0.1) is 0 Å². The fourth-order valence-corrected chi connectivity index (χ4v) is 3.03. The minimum Gasteiger partial charge on any atom is -0.349 e. The van der Waals surface area contributed by atoms with Crippen LogP contribution in [0.5, 0.6) is 0 Å². The first-order valence-electron chi connectivity index (χ1n) is 6.54. The third kappa shape index (κ3) is 1.60. The summed E-state index contributed by atoms with van der Waals surface area (Å²) in [5.41, 5.74) is 3.05. The van der Waals surface area contributed by atoms with E-state index in [0.717, 1.165) is 42.9 Å². The zero-order valence-electron chi connectivity index (χ0n) is 10.9. The lowest BCUT2D eigenvalue weighted by Crippen LogP contribution is -2.54. The number of carbonyl (C=O) groups is 1. The quantitative estimate of drug-likeness (QED) is 0.746. The maximum Gasteiger partial charge on any atom is 0.257 e. The van der Waals surface area contributed by atoms with Crippen LogP contribution < -0.4 is 10.2 Å². The molecular weight excluding hydrogens is 226 g/mol. The van der Waals surface area contributed by atoms with E-state index in [0.29, 0.717) is 0 Å². The summed E-state index contributed by atoms with van der Waals surface area (Å²) >= 11 is 0. The zero-order valence-corrected chi connectivity index (χ0v) is 10.9. The van der Waals surface area contributed by atoms with Crippen molar-refractivity contribution in [1.82, 2.24) is 10.2 Å². The van der Waals surface area contributed by atoms with E-state index in [1.807, 2.05) is 31.0 Å². The van der Waals surface area contributed by atoms with Gasteiger partial charge in [-0.2, -0.15) is 0 Å². The largest absolute Gasteiger partial charge is 0.349 e. The van der Waals surface area contributed by atoms with E-state index >= 15 is 0 Å². The number of fused-ring (bicyclic) bond motifs is 3. The Hall–Kier alpha value is -1.55. The molecule has 0 saturated carbocycles. The summed E-state index contributed by atoms with van der Waals surface area (Å²) in [6.45, 7) is 4.92. The van der Waals surface area contributed by atoms with Crippen LogP contribution in [0, 0.1) is 6.92 Å². The van der Waals surface area contributed by atoms with Gasteiger partial charge in [-0.3, -0.25) is 4.79 Å². The van der Waals surface area contributed by atoms with Gasteiger partial charge in [0.15, 0.2) is 0 Å². The number of nitrogens with zero attached hydrogens (tertiary/aromatic N) is 2. The monoisotopic (exact) mass is 245 g/mol. The second kappa shape index (κ2) is 4.28. The molecule has 96 valence electrons. The molecule has 1 atom stereocenters. The van der Waals surface area contributed by atoms with Crippen LogP contribution in [0.3, 0.4) is 0 Å². The lowest BCUT2D eigenvalue weighted by Gasteiger charge is -2.43. The standard InChI is InChI=1S/C14H19N3O/c1-10-4-3-5-11-13(10)14(18)16(2)12-6-7-15-8-9-17(11)12/h3-5,12,15H,6-9H2,1-2H3/t12-/m0/s1. The molecule has 2 heterocycles. The smallest absolute Gasteiger partial charge is 0.257 e. The summed E-state index contributed by atoms with van der Waals surface area (Å²) in [5.74, 6) is 0.159. The molecule has 4 heteroatoms. The highest BCUT2D eigenvalue weighted by Gasteiger charge is 2.36. The van der Waals surface area contributed by atoms with Gasteiger partial charge in [-0.25, -0.2) is 0 Å². The van der Waals surface area contributed by atoms with E-state index in [1.54, 1.807) is 0 Å². The average Bonchev–Trinajstić information content (AvgIpc) is 2.61. The van der Waals surface area contributed by atoms with Gasteiger partial charge in [0.1, 0.15) is 6.17 Å². The molecule has 1 aromatic carbocycles. The van der Waals surface area contributed by atoms with E-state index < -0.39 is 0 Å². The van der Waals surface area contributed by atoms with Gasteiger partial charge in [0.05, 0.1) is 11.3 Å². The third-order valence-electron chi connectivity index (χ3n) is 4.01. The van der Waals surface area contributed by atoms with Gasteiger partial charge in [0, 0.05) is 20.1 Å². The lowest BCUT2D eigenvalue weighted by atomic mass is 10.00. The van der Waals surface area contributed by atoms with E-state index in [1.165, 1.54) is 0 Å². The predicted octanol–water partition coefficient (Wildman–Crippen LogP) is 1.21. The molecule has 2 aliphatic rings. The number of anilines is 1. The normalized spacial score (nSPS) is 23.4. The molecule has 1 N–H and O–H groups in total. The van der Waals surface area contributed by atoms with Crippen molar-refractivity contribution < 1.29 is 4.79 Å². The molecule has 1 aromatic rings. The first-order chi connectivity index (χ1) is 8.70. The summed E-state index contributed by atoms with van der Waals surface area (Å²) in [5, 5.41) is 3.40. The number of benzene rings is 1. The maximum atomic E-state index is 12.5. The molecule has 2 aliphatic heterocycles. The van der Waals surface area contributed by atoms with Crippen molar-refractivity contribution in [2.24, 2.45) is 0 Å². The van der Waals surface area contributed by atoms with Crippen LogP contribution in [-0.4, -0.2) is 43.7 Å². The number of hydrogen-bond acceptors (Lipinski definition) is 3. The molecule has 1 fully saturated rings. The van der Waals surface area contributed by atoms with Gasteiger partial charge >= 0.3 is 0 Å². The van der Waals surface area contributed by atoms with Crippen molar-refractivity contribution in [3.05, 3.63) is 29.3 Å². The predicted molar refractivity (Wildman–Crippen MR) is 71.9 cm³/mol. The van der Waals surface area contributed by atoms with Crippen LogP contribution in [0.1, 0.15) is 22.3 Å². The van der Waals surface area contributed by atoms with Gasteiger partial charge in [0.25, 0.3) is 5.91 Å². The molecule has 1 amide bonds. The van der Waals surface area contributed by atoms with E-state index in [2.05, 4.69) is 16.3 Å². The lowest BCUT2D eigenvalue weighted by molar-refractivity contribution is 0.0704. The molecule has 0 radical (unpaired) electrons. The molecule has 0 aliphatic carbocycles. The first kappa shape index (κ1) is 11.5. The molecule has 3 rings (SSSR count). The summed E-state index contributed by atoms with van der Waals surface area (Å²) in [6.07, 6.45) is 1.18. The second-order valence-electron chi connectivity index (χ2n) is 5.10. The number of hydrogen-bond donors (Lipinski definition) is 1. The number of amides is 1. The fraction of sp³-hybridized carbons (Fsp3) is 0.500. The number of carbonyl (C=O) groups excluding carboxylic acids is 1. The molecule has 1 saturated heterocycles. The molecule has 4 nitrogen and oxygen atoms in total. The SMILES string of the molecule is Cc1cccc2c1C(=O)N(C)[C@@H]1CCNCCN21. The van der Waals surface area contributed by atoms with Crippen molar-refractivity contribution in [3.63, 3.8) is 0 Å². The van der Waals surface area contributed by atoms with Gasteiger partial charge in [-0.05, 0) is 31.5 Å². The molecule has 0 bridgehead atoms. The number of nitrogens with one attached hydrogen (secondary N) is 1. The van der Waals surface area contributed by atoms with Gasteiger partial charge in [0.2, 0.25) is 0 Å².